The summed E-state index contributed by atoms with van der Waals surface area (Å²) in [5.41, 5.74) is 3.09. The Morgan fingerprint density at radius 3 is 2.42 bits per heavy atom. The van der Waals surface area contributed by atoms with E-state index in [4.69, 9.17) is 27.9 Å². The number of aromatic amines is 1. The molecule has 0 aliphatic carbocycles. The normalized spacial score (nSPS) is 10.9. The Hall–Kier alpha value is -1.64. The van der Waals surface area contributed by atoms with E-state index in [0.29, 0.717) is 10.8 Å². The first kappa shape index (κ1) is 12.4. The average molecular weight is 292 g/mol. The molecule has 96 valence electrons. The van der Waals surface area contributed by atoms with Crippen molar-refractivity contribution < 1.29 is 4.74 Å². The maximum absolute atomic E-state index is 6.12. The van der Waals surface area contributed by atoms with Crippen molar-refractivity contribution >= 4 is 34.1 Å². The second-order valence-corrected chi connectivity index (χ2v) is 5.11. The minimum Gasteiger partial charge on any atom is -0.495 e. The number of rotatable bonds is 2. The molecule has 1 N–H and O–H groups in total. The zero-order chi connectivity index (χ0) is 13.4. The minimum absolute atomic E-state index is 0.597. The number of aromatic nitrogens is 1. The van der Waals surface area contributed by atoms with Gasteiger partial charge in [-0.25, -0.2) is 0 Å². The topological polar surface area (TPSA) is 25.0 Å². The van der Waals surface area contributed by atoms with E-state index >= 15 is 0 Å². The van der Waals surface area contributed by atoms with E-state index in [9.17, 15) is 0 Å². The number of ether oxygens (including phenoxy) is 1. The van der Waals surface area contributed by atoms with E-state index < -0.39 is 0 Å². The van der Waals surface area contributed by atoms with Crippen LogP contribution in [0.15, 0.2) is 42.5 Å². The summed E-state index contributed by atoms with van der Waals surface area (Å²) in [4.78, 5) is 3.34. The Morgan fingerprint density at radius 2 is 1.74 bits per heavy atom. The predicted octanol–water partition coefficient (Wildman–Crippen LogP) is 5.15. The van der Waals surface area contributed by atoms with Crippen LogP contribution in [-0.2, 0) is 0 Å². The molecule has 0 radical (unpaired) electrons. The molecule has 0 unspecified atom stereocenters. The first-order chi connectivity index (χ1) is 9.17. The third-order valence-corrected chi connectivity index (χ3v) is 3.60. The van der Waals surface area contributed by atoms with Gasteiger partial charge in [0.25, 0.3) is 0 Å². The number of hydrogen-bond acceptors (Lipinski definition) is 1. The molecule has 3 rings (SSSR count). The second kappa shape index (κ2) is 4.80. The lowest BCUT2D eigenvalue weighted by molar-refractivity contribution is 0.415. The zero-order valence-corrected chi connectivity index (χ0v) is 11.7. The molecular formula is C15H11Cl2NO. The lowest BCUT2D eigenvalue weighted by Gasteiger charge is -2.01. The van der Waals surface area contributed by atoms with Crippen LogP contribution >= 0.6 is 23.2 Å². The highest BCUT2D eigenvalue weighted by atomic mass is 35.5. The van der Waals surface area contributed by atoms with Crippen LogP contribution in [0.1, 0.15) is 0 Å². The summed E-state index contributed by atoms with van der Waals surface area (Å²) in [6.45, 7) is 0. The summed E-state index contributed by atoms with van der Waals surface area (Å²) in [5.74, 6) is 0.677. The van der Waals surface area contributed by atoms with Gasteiger partial charge in [-0.15, -0.1) is 0 Å². The van der Waals surface area contributed by atoms with E-state index in [1.165, 1.54) is 0 Å². The molecule has 2 nitrogen and oxygen atoms in total. The summed E-state index contributed by atoms with van der Waals surface area (Å²) in [7, 11) is 1.61. The van der Waals surface area contributed by atoms with Crippen LogP contribution in [0, 0.1) is 0 Å². The molecule has 0 spiro atoms. The standard InChI is InChI=1S/C15H11Cl2NO/c1-19-15-7-10-6-13(18-14(10)8-12(15)17)9-2-4-11(16)5-3-9/h2-8,18H,1H3. The first-order valence-electron chi connectivity index (χ1n) is 5.79. The SMILES string of the molecule is COc1cc2cc(-c3ccc(Cl)cc3)[nH]c2cc1Cl. The van der Waals surface area contributed by atoms with Crippen LogP contribution < -0.4 is 4.74 Å². The largest absolute Gasteiger partial charge is 0.495 e. The number of hydrogen-bond donors (Lipinski definition) is 1. The van der Waals surface area contributed by atoms with E-state index in [1.54, 1.807) is 7.11 Å². The van der Waals surface area contributed by atoms with Crippen molar-refractivity contribution in [2.45, 2.75) is 0 Å². The lowest BCUT2D eigenvalue weighted by Crippen LogP contribution is -1.83. The van der Waals surface area contributed by atoms with Crippen molar-refractivity contribution in [3.8, 4) is 17.0 Å². The Bertz CT molecular complexity index is 732. The van der Waals surface area contributed by atoms with Gasteiger partial charge in [0.05, 0.1) is 12.1 Å². The molecule has 0 saturated carbocycles. The molecule has 2 aromatic carbocycles. The van der Waals surface area contributed by atoms with Gasteiger partial charge in [-0.05, 0) is 35.9 Å². The molecule has 0 saturated heterocycles. The molecule has 1 heterocycles. The maximum atomic E-state index is 6.12. The van der Waals surface area contributed by atoms with Gasteiger partial charge in [0.2, 0.25) is 0 Å². The maximum Gasteiger partial charge on any atom is 0.138 e. The zero-order valence-electron chi connectivity index (χ0n) is 10.2. The Balaban J connectivity index is 2.13. The van der Waals surface area contributed by atoms with E-state index in [2.05, 4.69) is 11.1 Å². The van der Waals surface area contributed by atoms with E-state index in [-0.39, 0.29) is 0 Å². The van der Waals surface area contributed by atoms with Gasteiger partial charge in [-0.2, -0.15) is 0 Å². The number of halogens is 2. The summed E-state index contributed by atoms with van der Waals surface area (Å²) in [5, 5.41) is 2.38. The van der Waals surface area contributed by atoms with Crippen LogP contribution in [0.4, 0.5) is 0 Å². The van der Waals surface area contributed by atoms with E-state index in [0.717, 1.165) is 27.2 Å². The fraction of sp³-hybridized carbons (Fsp3) is 0.0667. The van der Waals surface area contributed by atoms with Gasteiger partial charge < -0.3 is 9.72 Å². The van der Waals surface area contributed by atoms with Crippen LogP contribution in [0.2, 0.25) is 10.0 Å². The molecule has 0 aliphatic rings. The lowest BCUT2D eigenvalue weighted by atomic mass is 10.1. The number of fused-ring (bicyclic) bond motifs is 1. The molecule has 19 heavy (non-hydrogen) atoms. The summed E-state index contributed by atoms with van der Waals surface area (Å²) >= 11 is 12.0. The summed E-state index contributed by atoms with van der Waals surface area (Å²) < 4.78 is 5.22. The van der Waals surface area contributed by atoms with Crippen LogP contribution in [0.25, 0.3) is 22.2 Å². The monoisotopic (exact) mass is 291 g/mol. The molecule has 0 amide bonds. The van der Waals surface area contributed by atoms with Crippen molar-refractivity contribution in [2.75, 3.05) is 7.11 Å². The van der Waals surface area contributed by atoms with Crippen molar-refractivity contribution in [3.05, 3.63) is 52.5 Å². The third kappa shape index (κ3) is 2.29. The van der Waals surface area contributed by atoms with Crippen LogP contribution in [0.3, 0.4) is 0 Å². The van der Waals surface area contributed by atoms with Gasteiger partial charge >= 0.3 is 0 Å². The van der Waals surface area contributed by atoms with Gasteiger partial charge in [-0.1, -0.05) is 35.3 Å². The molecule has 0 aliphatic heterocycles. The summed E-state index contributed by atoms with van der Waals surface area (Å²) in [6.07, 6.45) is 0. The van der Waals surface area contributed by atoms with Gasteiger partial charge in [0.15, 0.2) is 0 Å². The molecule has 0 atom stereocenters. The number of nitrogens with one attached hydrogen (secondary N) is 1. The second-order valence-electron chi connectivity index (χ2n) is 4.26. The molecule has 0 fully saturated rings. The average Bonchev–Trinajstić information content (AvgIpc) is 2.81. The first-order valence-corrected chi connectivity index (χ1v) is 6.55. The van der Waals surface area contributed by atoms with Gasteiger partial charge in [-0.3, -0.25) is 0 Å². The van der Waals surface area contributed by atoms with Gasteiger partial charge in [0, 0.05) is 21.6 Å². The molecule has 1 aromatic heterocycles. The predicted molar refractivity (Wildman–Crippen MR) is 80.3 cm³/mol. The summed E-state index contributed by atoms with van der Waals surface area (Å²) in [6, 6.07) is 13.6. The Morgan fingerprint density at radius 1 is 1.00 bits per heavy atom. The van der Waals surface area contributed by atoms with Crippen molar-refractivity contribution in [1.29, 1.82) is 0 Å². The fourth-order valence-corrected chi connectivity index (χ4v) is 2.44. The van der Waals surface area contributed by atoms with Gasteiger partial charge in [0.1, 0.15) is 5.75 Å². The van der Waals surface area contributed by atoms with Crippen LogP contribution in [-0.4, -0.2) is 12.1 Å². The molecule has 4 heteroatoms. The van der Waals surface area contributed by atoms with E-state index in [1.807, 2.05) is 36.4 Å². The van der Waals surface area contributed by atoms with Crippen molar-refractivity contribution in [3.63, 3.8) is 0 Å². The quantitative estimate of drug-likeness (QED) is 0.694. The highest BCUT2D eigenvalue weighted by Crippen LogP contribution is 2.32. The van der Waals surface area contributed by atoms with Crippen LogP contribution in [0.5, 0.6) is 5.75 Å². The Kier molecular flexibility index (Phi) is 3.13. The smallest absolute Gasteiger partial charge is 0.138 e. The van der Waals surface area contributed by atoms with Crippen molar-refractivity contribution in [2.24, 2.45) is 0 Å². The highest BCUT2D eigenvalue weighted by Gasteiger charge is 2.07. The number of H-pyrrole nitrogens is 1. The highest BCUT2D eigenvalue weighted by molar-refractivity contribution is 6.32. The third-order valence-electron chi connectivity index (χ3n) is 3.05. The molecule has 3 aromatic rings. The Labute approximate surface area is 120 Å². The fourth-order valence-electron chi connectivity index (χ4n) is 2.07. The number of methoxy groups -OCH3 is 1. The molecule has 0 bridgehead atoms. The molecular weight excluding hydrogens is 281 g/mol. The number of benzene rings is 2. The minimum atomic E-state index is 0.597. The van der Waals surface area contributed by atoms with Crippen molar-refractivity contribution in [1.82, 2.24) is 4.98 Å².